The fraction of sp³-hybridized carbons (Fsp3) is 0.278. The molecule has 0 saturated heterocycles. The number of aryl methyl sites for hydroxylation is 1. The Morgan fingerprint density at radius 1 is 1.36 bits per heavy atom. The van der Waals surface area contributed by atoms with Gasteiger partial charge in [-0.2, -0.15) is 5.10 Å². The summed E-state index contributed by atoms with van der Waals surface area (Å²) in [5, 5.41) is 4.17. The normalized spacial score (nSPS) is 16.7. The van der Waals surface area contributed by atoms with E-state index in [4.69, 9.17) is 10.5 Å². The van der Waals surface area contributed by atoms with Crippen molar-refractivity contribution in [2.45, 2.75) is 19.4 Å². The number of nitrogens with zero attached hydrogens (tertiary/aromatic N) is 4. The van der Waals surface area contributed by atoms with E-state index in [0.717, 1.165) is 11.1 Å². The van der Waals surface area contributed by atoms with Crippen molar-refractivity contribution in [2.75, 3.05) is 6.61 Å². The molecular formula is C18H18FN5O. The number of fused-ring (bicyclic) bond motifs is 2. The largest absolute Gasteiger partial charge is 0.476 e. The standard InChI is InChI=1S/C18H18FN5O/c1-10(20)14-6-13(19)7-15-17(14)23-18-16(22-15)12(3-4-25-18)5-11-8-21-24(2)9-11/h5-10H,3-4,20H2,1-2H3/t10-/m1/s1. The molecular weight excluding hydrogens is 321 g/mol. The number of nitrogens with two attached hydrogens (primary N) is 1. The van der Waals surface area contributed by atoms with Gasteiger partial charge in [0.15, 0.2) is 0 Å². The molecule has 0 spiro atoms. The molecule has 0 amide bonds. The van der Waals surface area contributed by atoms with Crippen LogP contribution in [-0.4, -0.2) is 26.4 Å². The Morgan fingerprint density at radius 2 is 2.20 bits per heavy atom. The van der Waals surface area contributed by atoms with Gasteiger partial charge in [-0.15, -0.1) is 0 Å². The maximum atomic E-state index is 14.0. The van der Waals surface area contributed by atoms with Crippen LogP contribution in [0.4, 0.5) is 4.39 Å². The average Bonchev–Trinajstić information content (AvgIpc) is 2.98. The molecule has 1 atom stereocenters. The predicted octanol–water partition coefficient (Wildman–Crippen LogP) is 2.85. The maximum Gasteiger partial charge on any atom is 0.240 e. The summed E-state index contributed by atoms with van der Waals surface area (Å²) in [5.74, 6) is 0.0889. The minimum absolute atomic E-state index is 0.348. The van der Waals surface area contributed by atoms with Crippen LogP contribution in [0.2, 0.25) is 0 Å². The third kappa shape index (κ3) is 2.87. The number of aromatic nitrogens is 4. The summed E-state index contributed by atoms with van der Waals surface area (Å²) in [7, 11) is 1.87. The topological polar surface area (TPSA) is 78.8 Å². The molecule has 25 heavy (non-hydrogen) atoms. The van der Waals surface area contributed by atoms with Crippen LogP contribution in [0.25, 0.3) is 22.7 Å². The minimum Gasteiger partial charge on any atom is -0.476 e. The number of hydrogen-bond donors (Lipinski definition) is 1. The highest BCUT2D eigenvalue weighted by atomic mass is 19.1. The highest BCUT2D eigenvalue weighted by Crippen LogP contribution is 2.34. The second kappa shape index (κ2) is 5.93. The molecule has 2 aromatic heterocycles. The molecule has 0 fully saturated rings. The third-order valence-electron chi connectivity index (χ3n) is 4.20. The van der Waals surface area contributed by atoms with E-state index in [0.29, 0.717) is 41.2 Å². The lowest BCUT2D eigenvalue weighted by molar-refractivity contribution is 0.303. The fourth-order valence-electron chi connectivity index (χ4n) is 3.02. The van der Waals surface area contributed by atoms with Crippen molar-refractivity contribution in [1.82, 2.24) is 19.7 Å². The van der Waals surface area contributed by atoms with E-state index in [-0.39, 0.29) is 11.9 Å². The second-order valence-electron chi connectivity index (χ2n) is 6.24. The zero-order chi connectivity index (χ0) is 17.6. The van der Waals surface area contributed by atoms with Crippen molar-refractivity contribution >= 4 is 22.7 Å². The number of rotatable bonds is 2. The molecule has 4 rings (SSSR count). The van der Waals surface area contributed by atoms with Crippen LogP contribution in [0, 0.1) is 5.82 Å². The van der Waals surface area contributed by atoms with Crippen molar-refractivity contribution in [3.63, 3.8) is 0 Å². The van der Waals surface area contributed by atoms with Crippen molar-refractivity contribution in [3.05, 3.63) is 47.2 Å². The van der Waals surface area contributed by atoms with Crippen molar-refractivity contribution in [2.24, 2.45) is 12.8 Å². The van der Waals surface area contributed by atoms with Gasteiger partial charge in [0, 0.05) is 37.3 Å². The Balaban J connectivity index is 1.90. The lowest BCUT2D eigenvalue weighted by Gasteiger charge is -2.20. The zero-order valence-corrected chi connectivity index (χ0v) is 14.0. The van der Waals surface area contributed by atoms with Gasteiger partial charge in [-0.1, -0.05) is 0 Å². The Kier molecular flexibility index (Phi) is 3.73. The van der Waals surface area contributed by atoms with Gasteiger partial charge in [-0.3, -0.25) is 4.68 Å². The van der Waals surface area contributed by atoms with Gasteiger partial charge in [0.05, 0.1) is 23.8 Å². The van der Waals surface area contributed by atoms with Crippen LogP contribution in [0.3, 0.4) is 0 Å². The summed E-state index contributed by atoms with van der Waals surface area (Å²) in [6.45, 7) is 2.32. The highest BCUT2D eigenvalue weighted by Gasteiger charge is 2.22. The van der Waals surface area contributed by atoms with E-state index < -0.39 is 0 Å². The average molecular weight is 339 g/mol. The summed E-state index contributed by atoms with van der Waals surface area (Å²) in [4.78, 5) is 9.21. The Morgan fingerprint density at radius 3 is 2.92 bits per heavy atom. The van der Waals surface area contributed by atoms with Crippen LogP contribution in [0.5, 0.6) is 5.88 Å². The molecule has 3 aromatic rings. The van der Waals surface area contributed by atoms with Gasteiger partial charge in [0.25, 0.3) is 0 Å². The minimum atomic E-state index is -0.372. The number of hydrogen-bond acceptors (Lipinski definition) is 5. The smallest absolute Gasteiger partial charge is 0.240 e. The van der Waals surface area contributed by atoms with E-state index in [1.165, 1.54) is 12.1 Å². The van der Waals surface area contributed by atoms with Gasteiger partial charge in [-0.05, 0) is 30.2 Å². The second-order valence-corrected chi connectivity index (χ2v) is 6.24. The van der Waals surface area contributed by atoms with Crippen LogP contribution in [-0.2, 0) is 7.05 Å². The number of benzene rings is 1. The summed E-state index contributed by atoms with van der Waals surface area (Å²) >= 11 is 0. The summed E-state index contributed by atoms with van der Waals surface area (Å²) in [6.07, 6.45) is 6.42. The van der Waals surface area contributed by atoms with Gasteiger partial charge in [0.1, 0.15) is 11.5 Å². The van der Waals surface area contributed by atoms with Crippen LogP contribution in [0.1, 0.15) is 36.2 Å². The van der Waals surface area contributed by atoms with Crippen LogP contribution in [0.15, 0.2) is 24.5 Å². The highest BCUT2D eigenvalue weighted by molar-refractivity contribution is 5.87. The summed E-state index contributed by atoms with van der Waals surface area (Å²) in [6, 6.07) is 2.44. The molecule has 1 aliphatic heterocycles. The monoisotopic (exact) mass is 339 g/mol. The Bertz CT molecular complexity index is 993. The third-order valence-corrected chi connectivity index (χ3v) is 4.20. The fourth-order valence-corrected chi connectivity index (χ4v) is 3.02. The molecule has 0 bridgehead atoms. The van der Waals surface area contributed by atoms with Crippen LogP contribution >= 0.6 is 0 Å². The lowest BCUT2D eigenvalue weighted by Crippen LogP contribution is -2.13. The first-order valence-electron chi connectivity index (χ1n) is 8.10. The SMILES string of the molecule is C[C@@H](N)c1cc(F)cc2nc3c(nc12)OCCC3=Cc1cnn(C)c1. The first kappa shape index (κ1) is 15.7. The lowest BCUT2D eigenvalue weighted by atomic mass is 10.0. The van der Waals surface area contributed by atoms with Gasteiger partial charge in [0.2, 0.25) is 5.88 Å². The molecule has 1 aliphatic rings. The maximum absolute atomic E-state index is 14.0. The quantitative estimate of drug-likeness (QED) is 0.777. The first-order chi connectivity index (χ1) is 12.0. The van der Waals surface area contributed by atoms with Crippen molar-refractivity contribution < 1.29 is 9.13 Å². The van der Waals surface area contributed by atoms with Gasteiger partial charge in [-0.25, -0.2) is 14.4 Å². The zero-order valence-electron chi connectivity index (χ0n) is 14.0. The number of ether oxygens (including phenoxy) is 1. The molecule has 1 aromatic carbocycles. The Labute approximate surface area is 144 Å². The van der Waals surface area contributed by atoms with E-state index in [1.807, 2.05) is 19.3 Å². The van der Waals surface area contributed by atoms with E-state index in [9.17, 15) is 4.39 Å². The molecule has 0 saturated carbocycles. The van der Waals surface area contributed by atoms with Crippen molar-refractivity contribution in [3.8, 4) is 5.88 Å². The molecule has 0 radical (unpaired) electrons. The van der Waals surface area contributed by atoms with E-state index in [1.54, 1.807) is 17.8 Å². The molecule has 3 heterocycles. The molecule has 7 heteroatoms. The van der Waals surface area contributed by atoms with E-state index in [2.05, 4.69) is 15.1 Å². The van der Waals surface area contributed by atoms with Gasteiger partial charge < -0.3 is 10.5 Å². The predicted molar refractivity (Wildman–Crippen MR) is 93.3 cm³/mol. The van der Waals surface area contributed by atoms with Crippen molar-refractivity contribution in [1.29, 1.82) is 0 Å². The molecule has 0 unspecified atom stereocenters. The Hall–Kier alpha value is -2.80. The van der Waals surface area contributed by atoms with Crippen LogP contribution < -0.4 is 10.5 Å². The van der Waals surface area contributed by atoms with E-state index >= 15 is 0 Å². The molecule has 2 N–H and O–H groups in total. The first-order valence-corrected chi connectivity index (χ1v) is 8.10. The molecule has 6 nitrogen and oxygen atoms in total. The molecule has 0 aliphatic carbocycles. The molecule has 128 valence electrons. The number of halogens is 1. The summed E-state index contributed by atoms with van der Waals surface area (Å²) in [5.41, 5.74) is 10.3. The van der Waals surface area contributed by atoms with Gasteiger partial charge >= 0.3 is 0 Å². The summed E-state index contributed by atoms with van der Waals surface area (Å²) < 4.78 is 21.4.